The average Bonchev–Trinajstić information content (AvgIpc) is 2.29. The minimum atomic E-state index is 0.424. The summed E-state index contributed by atoms with van der Waals surface area (Å²) in [5.41, 5.74) is 2.17. The molecule has 0 radical (unpaired) electrons. The number of aryl methyl sites for hydroxylation is 1. The second-order valence-corrected chi connectivity index (χ2v) is 5.59. The van der Waals surface area contributed by atoms with Gasteiger partial charge in [0, 0.05) is 19.3 Å². The van der Waals surface area contributed by atoms with Crippen LogP contribution in [0.5, 0.6) is 0 Å². The molecule has 0 saturated carbocycles. The van der Waals surface area contributed by atoms with Crippen molar-refractivity contribution in [2.75, 3.05) is 18.0 Å². The zero-order valence-electron chi connectivity index (χ0n) is 10.8. The second-order valence-electron chi connectivity index (χ2n) is 5.59. The lowest BCUT2D eigenvalue weighted by atomic mass is 9.82. The Morgan fingerprint density at radius 2 is 2.00 bits per heavy atom. The van der Waals surface area contributed by atoms with E-state index in [2.05, 4.69) is 29.8 Å². The summed E-state index contributed by atoms with van der Waals surface area (Å²) in [7, 11) is 0. The maximum absolute atomic E-state index is 9.22. The third-order valence-electron chi connectivity index (χ3n) is 3.67. The standard InChI is InChI=1S/C14H19N3/c1-11-4-7-16-13(12(11)10-15)17-8-5-14(2,3)6-9-17/h4,7H,5-6,8-9H2,1-3H3. The van der Waals surface area contributed by atoms with Crippen molar-refractivity contribution in [3.8, 4) is 6.07 Å². The van der Waals surface area contributed by atoms with Gasteiger partial charge in [-0.2, -0.15) is 5.26 Å². The van der Waals surface area contributed by atoms with Gasteiger partial charge in [0.25, 0.3) is 0 Å². The summed E-state index contributed by atoms with van der Waals surface area (Å²) in [5, 5.41) is 9.22. The third-order valence-corrected chi connectivity index (χ3v) is 3.67. The molecule has 1 fully saturated rings. The van der Waals surface area contributed by atoms with E-state index in [1.165, 1.54) is 0 Å². The number of nitrogens with zero attached hydrogens (tertiary/aromatic N) is 3. The molecule has 0 atom stereocenters. The smallest absolute Gasteiger partial charge is 0.146 e. The summed E-state index contributed by atoms with van der Waals surface area (Å²) in [4.78, 5) is 6.63. The van der Waals surface area contributed by atoms with Crippen molar-refractivity contribution in [3.05, 3.63) is 23.4 Å². The van der Waals surface area contributed by atoms with Crippen LogP contribution in [-0.4, -0.2) is 18.1 Å². The maximum atomic E-state index is 9.22. The van der Waals surface area contributed by atoms with Crippen molar-refractivity contribution >= 4 is 5.82 Å². The van der Waals surface area contributed by atoms with Crippen LogP contribution in [0.2, 0.25) is 0 Å². The first-order valence-electron chi connectivity index (χ1n) is 6.14. The van der Waals surface area contributed by atoms with Crippen LogP contribution in [0.3, 0.4) is 0 Å². The molecule has 2 heterocycles. The first-order valence-corrected chi connectivity index (χ1v) is 6.14. The van der Waals surface area contributed by atoms with Crippen LogP contribution in [0.1, 0.15) is 37.8 Å². The highest BCUT2D eigenvalue weighted by molar-refractivity contribution is 5.57. The Kier molecular flexibility index (Phi) is 3.06. The predicted molar refractivity (Wildman–Crippen MR) is 68.9 cm³/mol. The molecule has 0 unspecified atom stereocenters. The SMILES string of the molecule is Cc1ccnc(N2CCC(C)(C)CC2)c1C#N. The first kappa shape index (κ1) is 11.9. The van der Waals surface area contributed by atoms with Crippen molar-refractivity contribution in [3.63, 3.8) is 0 Å². The first-order chi connectivity index (χ1) is 8.03. The summed E-state index contributed by atoms with van der Waals surface area (Å²) < 4.78 is 0. The van der Waals surface area contributed by atoms with Gasteiger partial charge in [-0.1, -0.05) is 13.8 Å². The fourth-order valence-corrected chi connectivity index (χ4v) is 2.25. The molecule has 3 heteroatoms. The molecule has 0 spiro atoms. The van der Waals surface area contributed by atoms with Gasteiger partial charge in [-0.15, -0.1) is 0 Å². The van der Waals surface area contributed by atoms with Gasteiger partial charge in [0.05, 0.1) is 5.56 Å². The largest absolute Gasteiger partial charge is 0.355 e. The molecule has 17 heavy (non-hydrogen) atoms. The predicted octanol–water partition coefficient (Wildman–Crippen LogP) is 2.89. The lowest BCUT2D eigenvalue weighted by Crippen LogP contribution is -2.38. The van der Waals surface area contributed by atoms with E-state index in [-0.39, 0.29) is 0 Å². The van der Waals surface area contributed by atoms with E-state index in [0.29, 0.717) is 5.41 Å². The third kappa shape index (κ3) is 2.41. The molecule has 90 valence electrons. The summed E-state index contributed by atoms with van der Waals surface area (Å²) in [5.74, 6) is 0.864. The number of rotatable bonds is 1. The van der Waals surface area contributed by atoms with Gasteiger partial charge in [-0.3, -0.25) is 0 Å². The molecule has 0 bridgehead atoms. The Bertz CT molecular complexity index is 447. The van der Waals surface area contributed by atoms with Gasteiger partial charge >= 0.3 is 0 Å². The summed E-state index contributed by atoms with van der Waals surface area (Å²) in [6.45, 7) is 8.58. The Balaban J connectivity index is 2.25. The quantitative estimate of drug-likeness (QED) is 0.743. The van der Waals surface area contributed by atoms with Crippen LogP contribution >= 0.6 is 0 Å². The van der Waals surface area contributed by atoms with Crippen LogP contribution in [0.15, 0.2) is 12.3 Å². The van der Waals surface area contributed by atoms with Gasteiger partial charge in [0.1, 0.15) is 11.9 Å². The Labute approximate surface area is 103 Å². The van der Waals surface area contributed by atoms with E-state index < -0.39 is 0 Å². The zero-order chi connectivity index (χ0) is 12.5. The molecule has 0 aromatic carbocycles. The van der Waals surface area contributed by atoms with E-state index in [4.69, 9.17) is 0 Å². The number of hydrogen-bond donors (Lipinski definition) is 0. The minimum Gasteiger partial charge on any atom is -0.355 e. The Morgan fingerprint density at radius 1 is 1.35 bits per heavy atom. The zero-order valence-corrected chi connectivity index (χ0v) is 10.8. The lowest BCUT2D eigenvalue weighted by Gasteiger charge is -2.37. The van der Waals surface area contributed by atoms with Crippen LogP contribution < -0.4 is 4.90 Å². The molecule has 2 rings (SSSR count). The molecule has 1 aromatic heterocycles. The summed E-state index contributed by atoms with van der Waals surface area (Å²) in [6.07, 6.45) is 4.12. The van der Waals surface area contributed by atoms with E-state index >= 15 is 0 Å². The highest BCUT2D eigenvalue weighted by atomic mass is 15.2. The van der Waals surface area contributed by atoms with Crippen LogP contribution in [0.4, 0.5) is 5.82 Å². The van der Waals surface area contributed by atoms with Crippen molar-refractivity contribution in [1.82, 2.24) is 4.98 Å². The molecular formula is C14H19N3. The van der Waals surface area contributed by atoms with E-state index in [1.807, 2.05) is 13.0 Å². The van der Waals surface area contributed by atoms with E-state index in [1.54, 1.807) is 6.20 Å². The number of nitriles is 1. The van der Waals surface area contributed by atoms with Crippen LogP contribution in [-0.2, 0) is 0 Å². The van der Waals surface area contributed by atoms with Crippen molar-refractivity contribution in [2.24, 2.45) is 5.41 Å². The number of piperidine rings is 1. The number of pyridine rings is 1. The van der Waals surface area contributed by atoms with Crippen molar-refractivity contribution in [1.29, 1.82) is 5.26 Å². The average molecular weight is 229 g/mol. The number of hydrogen-bond acceptors (Lipinski definition) is 3. The molecule has 1 aliphatic rings. The van der Waals surface area contributed by atoms with Gasteiger partial charge in [-0.25, -0.2) is 4.98 Å². The fraction of sp³-hybridized carbons (Fsp3) is 0.571. The van der Waals surface area contributed by atoms with Gasteiger partial charge in [-0.05, 0) is 36.8 Å². The molecule has 0 amide bonds. The van der Waals surface area contributed by atoms with E-state index in [9.17, 15) is 5.26 Å². The van der Waals surface area contributed by atoms with Gasteiger partial charge in [0.15, 0.2) is 0 Å². The van der Waals surface area contributed by atoms with Gasteiger partial charge in [0.2, 0.25) is 0 Å². The Hall–Kier alpha value is -1.56. The van der Waals surface area contributed by atoms with Crippen molar-refractivity contribution in [2.45, 2.75) is 33.6 Å². The summed E-state index contributed by atoms with van der Waals surface area (Å²) in [6, 6.07) is 4.18. The van der Waals surface area contributed by atoms with Gasteiger partial charge < -0.3 is 4.90 Å². The van der Waals surface area contributed by atoms with Crippen LogP contribution in [0, 0.1) is 23.7 Å². The molecule has 3 nitrogen and oxygen atoms in total. The minimum absolute atomic E-state index is 0.424. The maximum Gasteiger partial charge on any atom is 0.146 e. The monoisotopic (exact) mass is 229 g/mol. The topological polar surface area (TPSA) is 39.9 Å². The molecular weight excluding hydrogens is 210 g/mol. The molecule has 1 aromatic rings. The lowest BCUT2D eigenvalue weighted by molar-refractivity contribution is 0.279. The number of anilines is 1. The molecule has 1 aliphatic heterocycles. The Morgan fingerprint density at radius 3 is 2.59 bits per heavy atom. The normalized spacial score (nSPS) is 18.8. The van der Waals surface area contributed by atoms with E-state index in [0.717, 1.165) is 42.9 Å². The van der Waals surface area contributed by atoms with Crippen LogP contribution in [0.25, 0.3) is 0 Å². The summed E-state index contributed by atoms with van der Waals surface area (Å²) >= 11 is 0. The highest BCUT2D eigenvalue weighted by Gasteiger charge is 2.27. The van der Waals surface area contributed by atoms with Crippen molar-refractivity contribution < 1.29 is 0 Å². The molecule has 0 aliphatic carbocycles. The highest BCUT2D eigenvalue weighted by Crippen LogP contribution is 2.32. The number of aromatic nitrogens is 1. The fourth-order valence-electron chi connectivity index (χ4n) is 2.25. The second kappa shape index (κ2) is 4.37. The molecule has 1 saturated heterocycles. The molecule has 0 N–H and O–H groups in total.